The first-order valence-electron chi connectivity index (χ1n) is 6.17. The van der Waals surface area contributed by atoms with Crippen molar-refractivity contribution in [2.24, 2.45) is 5.92 Å². The molecule has 0 saturated carbocycles. The van der Waals surface area contributed by atoms with Crippen molar-refractivity contribution in [1.82, 2.24) is 4.31 Å². The van der Waals surface area contributed by atoms with Crippen LogP contribution >= 0.6 is 11.6 Å². The van der Waals surface area contributed by atoms with Crippen molar-refractivity contribution in [1.29, 1.82) is 0 Å². The molecule has 104 valence electrons. The predicted octanol–water partition coefficient (Wildman–Crippen LogP) is 2.16. The smallest absolute Gasteiger partial charge is 0.243 e. The summed E-state index contributed by atoms with van der Waals surface area (Å²) in [6, 6.07) is 6.79. The monoisotopic (exact) mass is 301 g/mol. The number of hydrogen-bond acceptors (Lipinski definition) is 3. The Morgan fingerprint density at radius 3 is 2.21 bits per heavy atom. The minimum Gasteiger partial charge on any atom is -0.281 e. The Bertz CT molecular complexity index is 560. The second kappa shape index (κ2) is 5.61. The number of carbonyl (C=O) groups excluding carboxylic acids is 1. The Balaban J connectivity index is 2.14. The molecule has 2 rings (SSSR count). The molecule has 0 N–H and O–H groups in total. The first-order chi connectivity index (χ1) is 8.91. The van der Waals surface area contributed by atoms with Crippen LogP contribution in [-0.2, 0) is 14.8 Å². The second-order valence-corrected chi connectivity index (χ2v) is 7.11. The maximum atomic E-state index is 12.4. The zero-order valence-corrected chi connectivity index (χ0v) is 12.2. The van der Waals surface area contributed by atoms with Gasteiger partial charge in [0.2, 0.25) is 15.3 Å². The van der Waals surface area contributed by atoms with Gasteiger partial charge in [0.1, 0.15) is 0 Å². The third-order valence-corrected chi connectivity index (χ3v) is 5.66. The van der Waals surface area contributed by atoms with Crippen LogP contribution in [0.4, 0.5) is 0 Å². The number of sulfonamides is 1. The van der Waals surface area contributed by atoms with E-state index in [0.717, 1.165) is 5.56 Å². The van der Waals surface area contributed by atoms with Crippen LogP contribution < -0.4 is 0 Å². The second-order valence-electron chi connectivity index (χ2n) is 4.80. The predicted molar refractivity (Wildman–Crippen MR) is 73.5 cm³/mol. The van der Waals surface area contributed by atoms with Crippen LogP contribution in [0.25, 0.3) is 0 Å². The summed E-state index contributed by atoms with van der Waals surface area (Å²) in [7, 11) is -3.45. The Hall–Kier alpha value is -0.910. The number of benzene rings is 1. The van der Waals surface area contributed by atoms with Crippen molar-refractivity contribution in [2.45, 2.75) is 24.7 Å². The summed E-state index contributed by atoms with van der Waals surface area (Å²) in [5.41, 5.74) is 1.02. The molecule has 1 fully saturated rings. The molecule has 1 heterocycles. The van der Waals surface area contributed by atoms with Crippen molar-refractivity contribution in [3.05, 3.63) is 29.8 Å². The van der Waals surface area contributed by atoms with Gasteiger partial charge >= 0.3 is 0 Å². The topological polar surface area (TPSA) is 54.5 Å². The minimum atomic E-state index is -3.45. The summed E-state index contributed by atoms with van der Waals surface area (Å²) in [6.07, 6.45) is 0.987. The molecular weight excluding hydrogens is 286 g/mol. The Kier molecular flexibility index (Phi) is 4.28. The molecule has 19 heavy (non-hydrogen) atoms. The molecule has 0 spiro atoms. The summed E-state index contributed by atoms with van der Waals surface area (Å²) in [5, 5.41) is -0.368. The standard InChI is InChI=1S/C13H16ClNO3S/c1-10-2-4-12(5-3-10)19(17,18)15-8-6-11(7-9-15)13(14)16/h2-5,11H,6-9H2,1H3. The highest BCUT2D eigenvalue weighted by molar-refractivity contribution is 7.89. The van der Waals surface area contributed by atoms with E-state index in [2.05, 4.69) is 0 Å². The van der Waals surface area contributed by atoms with Gasteiger partial charge < -0.3 is 0 Å². The molecule has 1 aromatic carbocycles. The summed E-state index contributed by atoms with van der Waals surface area (Å²) >= 11 is 5.45. The van der Waals surface area contributed by atoms with Crippen LogP contribution in [0.5, 0.6) is 0 Å². The first-order valence-corrected chi connectivity index (χ1v) is 7.99. The average molecular weight is 302 g/mol. The number of aryl methyl sites for hydroxylation is 1. The SMILES string of the molecule is Cc1ccc(S(=O)(=O)N2CCC(C(=O)Cl)CC2)cc1. The van der Waals surface area contributed by atoms with Crippen LogP contribution in [0, 0.1) is 12.8 Å². The minimum absolute atomic E-state index is 0.217. The third kappa shape index (κ3) is 3.16. The highest BCUT2D eigenvalue weighted by Crippen LogP contribution is 2.25. The molecule has 0 amide bonds. The maximum absolute atomic E-state index is 12.4. The van der Waals surface area contributed by atoms with Gasteiger partial charge in [-0.25, -0.2) is 8.42 Å². The third-order valence-electron chi connectivity index (χ3n) is 3.43. The molecule has 1 saturated heterocycles. The molecular formula is C13H16ClNO3S. The van der Waals surface area contributed by atoms with Gasteiger partial charge in [0.15, 0.2) is 0 Å². The Labute approximate surface area is 118 Å². The van der Waals surface area contributed by atoms with Crippen molar-refractivity contribution < 1.29 is 13.2 Å². The molecule has 0 bridgehead atoms. The maximum Gasteiger partial charge on any atom is 0.243 e. The lowest BCUT2D eigenvalue weighted by atomic mass is 10.00. The van der Waals surface area contributed by atoms with Crippen LogP contribution in [0.15, 0.2) is 29.2 Å². The van der Waals surface area contributed by atoms with Crippen molar-refractivity contribution >= 4 is 26.9 Å². The summed E-state index contributed by atoms with van der Waals surface area (Å²) < 4.78 is 26.2. The Morgan fingerprint density at radius 2 is 1.74 bits per heavy atom. The van der Waals surface area contributed by atoms with Gasteiger partial charge in [-0.1, -0.05) is 17.7 Å². The van der Waals surface area contributed by atoms with Crippen molar-refractivity contribution in [3.8, 4) is 0 Å². The molecule has 0 atom stereocenters. The van der Waals surface area contributed by atoms with Gasteiger partial charge in [-0.15, -0.1) is 0 Å². The first kappa shape index (κ1) is 14.5. The van der Waals surface area contributed by atoms with Gasteiger partial charge in [-0.05, 0) is 43.5 Å². The van der Waals surface area contributed by atoms with Gasteiger partial charge in [-0.2, -0.15) is 4.31 Å². The molecule has 0 radical (unpaired) electrons. The quantitative estimate of drug-likeness (QED) is 0.804. The fraction of sp³-hybridized carbons (Fsp3) is 0.462. The van der Waals surface area contributed by atoms with Crippen molar-refractivity contribution in [2.75, 3.05) is 13.1 Å². The van der Waals surface area contributed by atoms with Gasteiger partial charge in [-0.3, -0.25) is 4.79 Å². The van der Waals surface area contributed by atoms with Gasteiger partial charge in [0, 0.05) is 19.0 Å². The lowest BCUT2D eigenvalue weighted by Gasteiger charge is -2.29. The number of carbonyl (C=O) groups is 1. The number of halogens is 1. The molecule has 0 unspecified atom stereocenters. The number of hydrogen-bond donors (Lipinski definition) is 0. The molecule has 0 aromatic heterocycles. The highest BCUT2D eigenvalue weighted by atomic mass is 35.5. The molecule has 1 aliphatic heterocycles. The van der Waals surface area contributed by atoms with Crippen LogP contribution in [-0.4, -0.2) is 31.1 Å². The van der Waals surface area contributed by atoms with Crippen LogP contribution in [0.2, 0.25) is 0 Å². The van der Waals surface area contributed by atoms with E-state index in [1.807, 2.05) is 6.92 Å². The fourth-order valence-electron chi connectivity index (χ4n) is 2.18. The van der Waals surface area contributed by atoms with Crippen molar-refractivity contribution in [3.63, 3.8) is 0 Å². The summed E-state index contributed by atoms with van der Waals surface area (Å²) in [6.45, 7) is 2.60. The van der Waals surface area contributed by atoms with Gasteiger partial charge in [0.05, 0.1) is 4.90 Å². The summed E-state index contributed by atoms with van der Waals surface area (Å²) in [5.74, 6) is -0.217. The Morgan fingerprint density at radius 1 is 1.21 bits per heavy atom. The molecule has 1 aliphatic rings. The van der Waals surface area contributed by atoms with E-state index in [0.29, 0.717) is 30.8 Å². The van der Waals surface area contributed by atoms with E-state index in [4.69, 9.17) is 11.6 Å². The molecule has 6 heteroatoms. The van der Waals surface area contributed by atoms with E-state index in [-0.39, 0.29) is 11.2 Å². The highest BCUT2D eigenvalue weighted by Gasteiger charge is 2.31. The lowest BCUT2D eigenvalue weighted by molar-refractivity contribution is -0.116. The van der Waals surface area contributed by atoms with E-state index in [1.165, 1.54) is 4.31 Å². The molecule has 1 aromatic rings. The normalized spacial score (nSPS) is 18.4. The molecule has 0 aliphatic carbocycles. The zero-order valence-electron chi connectivity index (χ0n) is 10.7. The number of rotatable bonds is 3. The van der Waals surface area contributed by atoms with Crippen LogP contribution in [0.3, 0.4) is 0 Å². The summed E-state index contributed by atoms with van der Waals surface area (Å²) in [4.78, 5) is 11.4. The van der Waals surface area contributed by atoms with Gasteiger partial charge in [0.25, 0.3) is 0 Å². The van der Waals surface area contributed by atoms with E-state index >= 15 is 0 Å². The largest absolute Gasteiger partial charge is 0.281 e. The fourth-order valence-corrected chi connectivity index (χ4v) is 3.87. The average Bonchev–Trinajstić information content (AvgIpc) is 2.39. The molecule has 4 nitrogen and oxygen atoms in total. The zero-order chi connectivity index (χ0) is 14.0. The number of piperidine rings is 1. The van der Waals surface area contributed by atoms with E-state index in [1.54, 1.807) is 24.3 Å². The van der Waals surface area contributed by atoms with E-state index < -0.39 is 10.0 Å². The van der Waals surface area contributed by atoms with Crippen LogP contribution in [0.1, 0.15) is 18.4 Å². The number of nitrogens with zero attached hydrogens (tertiary/aromatic N) is 1. The lowest BCUT2D eigenvalue weighted by Crippen LogP contribution is -2.39. The van der Waals surface area contributed by atoms with E-state index in [9.17, 15) is 13.2 Å².